The minimum atomic E-state index is -0.616. The number of rotatable bonds is 3. The van der Waals surface area contributed by atoms with Crippen LogP contribution in [-0.2, 0) is 0 Å². The molecule has 2 heterocycles. The van der Waals surface area contributed by atoms with Gasteiger partial charge in [-0.05, 0) is 35.9 Å². The third-order valence-corrected chi connectivity index (χ3v) is 3.67. The first-order valence-electron chi connectivity index (χ1n) is 7.60. The Bertz CT molecular complexity index is 969. The molecule has 0 N–H and O–H groups in total. The van der Waals surface area contributed by atoms with Gasteiger partial charge in [0.15, 0.2) is 5.76 Å². The Morgan fingerprint density at radius 3 is 2.60 bits per heavy atom. The minimum Gasteiger partial charge on any atom is -0.457 e. The summed E-state index contributed by atoms with van der Waals surface area (Å²) < 4.78 is 15.9. The summed E-state index contributed by atoms with van der Waals surface area (Å²) in [6.45, 7) is 0. The molecule has 1 aliphatic rings. The van der Waals surface area contributed by atoms with Crippen LogP contribution >= 0.6 is 0 Å². The number of ketones is 1. The highest BCUT2D eigenvalue weighted by molar-refractivity contribution is 6.14. The van der Waals surface area contributed by atoms with Gasteiger partial charge in [-0.25, -0.2) is 4.79 Å². The zero-order chi connectivity index (χ0) is 17.2. The molecule has 0 saturated heterocycles. The number of benzene rings is 2. The van der Waals surface area contributed by atoms with Crippen LogP contribution in [0.15, 0.2) is 77.1 Å². The first kappa shape index (κ1) is 15.0. The molecule has 1 aliphatic heterocycles. The molecule has 0 radical (unpaired) electrons. The van der Waals surface area contributed by atoms with Gasteiger partial charge in [-0.1, -0.05) is 30.3 Å². The molecular formula is C20H12O5. The molecule has 0 aliphatic carbocycles. The van der Waals surface area contributed by atoms with E-state index < -0.39 is 5.97 Å². The lowest BCUT2D eigenvalue weighted by molar-refractivity contribution is 0.0701. The first-order chi connectivity index (χ1) is 12.2. The number of furan rings is 1. The van der Waals surface area contributed by atoms with E-state index in [1.807, 2.05) is 30.3 Å². The lowest BCUT2D eigenvalue weighted by atomic mass is 10.1. The number of carbonyl (C=O) groups excluding carboxylic acids is 2. The largest absolute Gasteiger partial charge is 0.457 e. The monoisotopic (exact) mass is 332 g/mol. The van der Waals surface area contributed by atoms with Gasteiger partial charge in [-0.3, -0.25) is 4.79 Å². The number of fused-ring (bicyclic) bond motifs is 1. The summed E-state index contributed by atoms with van der Waals surface area (Å²) in [5, 5.41) is 0. The summed E-state index contributed by atoms with van der Waals surface area (Å²) in [5.74, 6) is 0.140. The van der Waals surface area contributed by atoms with Crippen LogP contribution in [-0.4, -0.2) is 11.8 Å². The summed E-state index contributed by atoms with van der Waals surface area (Å²) in [6.07, 6.45) is 3.07. The zero-order valence-corrected chi connectivity index (χ0v) is 13.0. The van der Waals surface area contributed by atoms with Crippen molar-refractivity contribution in [2.75, 3.05) is 0 Å². The third kappa shape index (κ3) is 2.95. The Hall–Kier alpha value is -3.60. The van der Waals surface area contributed by atoms with Crippen LogP contribution in [0.5, 0.6) is 11.5 Å². The highest BCUT2D eigenvalue weighted by Gasteiger charge is 2.28. The average molecular weight is 332 g/mol. The zero-order valence-electron chi connectivity index (χ0n) is 13.0. The van der Waals surface area contributed by atoms with Crippen LogP contribution < -0.4 is 9.47 Å². The van der Waals surface area contributed by atoms with Gasteiger partial charge in [0, 0.05) is 6.07 Å². The molecule has 1 aromatic heterocycles. The summed E-state index contributed by atoms with van der Waals surface area (Å²) in [5.41, 5.74) is 1.29. The van der Waals surface area contributed by atoms with Crippen LogP contribution in [0, 0.1) is 0 Å². The molecule has 0 spiro atoms. The van der Waals surface area contributed by atoms with E-state index in [1.165, 1.54) is 18.4 Å². The fraction of sp³-hybridized carbons (Fsp3) is 0. The quantitative estimate of drug-likeness (QED) is 0.410. The molecule has 122 valence electrons. The average Bonchev–Trinajstić information content (AvgIpc) is 3.25. The van der Waals surface area contributed by atoms with Gasteiger partial charge in [-0.15, -0.1) is 0 Å². The number of allylic oxidation sites excluding steroid dienone is 1. The van der Waals surface area contributed by atoms with Gasteiger partial charge in [0.25, 0.3) is 0 Å². The lowest BCUT2D eigenvalue weighted by Gasteiger charge is -2.04. The third-order valence-electron chi connectivity index (χ3n) is 3.67. The van der Waals surface area contributed by atoms with Crippen molar-refractivity contribution in [3.63, 3.8) is 0 Å². The summed E-state index contributed by atoms with van der Waals surface area (Å²) in [7, 11) is 0. The van der Waals surface area contributed by atoms with Crippen LogP contribution in [0.1, 0.15) is 26.5 Å². The fourth-order valence-corrected chi connectivity index (χ4v) is 2.48. The SMILES string of the molecule is O=C(Oc1ccc2c(c1)O/C(=C\c1ccccc1)C2=O)c1ccco1. The number of ether oxygens (including phenoxy) is 2. The van der Waals surface area contributed by atoms with Gasteiger partial charge in [0.1, 0.15) is 11.5 Å². The summed E-state index contributed by atoms with van der Waals surface area (Å²) in [6, 6.07) is 17.2. The van der Waals surface area contributed by atoms with Gasteiger partial charge >= 0.3 is 5.97 Å². The Balaban J connectivity index is 1.57. The number of Topliss-reactive ketones (excluding diaryl/α,β-unsaturated/α-hetero) is 1. The van der Waals surface area contributed by atoms with Crippen molar-refractivity contribution in [1.29, 1.82) is 0 Å². The molecule has 5 heteroatoms. The van der Waals surface area contributed by atoms with Crippen molar-refractivity contribution in [2.24, 2.45) is 0 Å². The van der Waals surface area contributed by atoms with Crippen molar-refractivity contribution in [1.82, 2.24) is 0 Å². The first-order valence-corrected chi connectivity index (χ1v) is 7.60. The molecule has 0 atom stereocenters. The second-order valence-electron chi connectivity index (χ2n) is 5.38. The smallest absolute Gasteiger partial charge is 0.379 e. The van der Waals surface area contributed by atoms with Gasteiger partial charge in [-0.2, -0.15) is 0 Å². The molecular weight excluding hydrogens is 320 g/mol. The predicted octanol–water partition coefficient (Wildman–Crippen LogP) is 4.12. The van der Waals surface area contributed by atoms with Crippen molar-refractivity contribution >= 4 is 17.8 Å². The van der Waals surface area contributed by atoms with E-state index in [0.29, 0.717) is 11.3 Å². The molecule has 0 bridgehead atoms. The summed E-state index contributed by atoms with van der Waals surface area (Å²) >= 11 is 0. The Kier molecular flexibility index (Phi) is 3.67. The van der Waals surface area contributed by atoms with Crippen LogP contribution in [0.25, 0.3) is 6.08 Å². The van der Waals surface area contributed by atoms with Gasteiger partial charge < -0.3 is 13.9 Å². The van der Waals surface area contributed by atoms with E-state index in [-0.39, 0.29) is 23.1 Å². The number of hydrogen-bond acceptors (Lipinski definition) is 5. The second kappa shape index (κ2) is 6.13. The highest BCUT2D eigenvalue weighted by atomic mass is 16.5. The fourth-order valence-electron chi connectivity index (χ4n) is 2.48. The molecule has 0 saturated carbocycles. The van der Waals surface area contributed by atoms with E-state index in [9.17, 15) is 9.59 Å². The number of esters is 1. The highest BCUT2D eigenvalue weighted by Crippen LogP contribution is 2.35. The van der Waals surface area contributed by atoms with Crippen molar-refractivity contribution < 1.29 is 23.5 Å². The van der Waals surface area contributed by atoms with E-state index >= 15 is 0 Å². The van der Waals surface area contributed by atoms with E-state index in [2.05, 4.69) is 0 Å². The van der Waals surface area contributed by atoms with E-state index in [4.69, 9.17) is 13.9 Å². The van der Waals surface area contributed by atoms with Crippen molar-refractivity contribution in [2.45, 2.75) is 0 Å². The maximum absolute atomic E-state index is 12.4. The van der Waals surface area contributed by atoms with Crippen LogP contribution in [0.4, 0.5) is 0 Å². The Morgan fingerprint density at radius 2 is 1.84 bits per heavy atom. The lowest BCUT2D eigenvalue weighted by Crippen LogP contribution is -2.07. The molecule has 25 heavy (non-hydrogen) atoms. The maximum atomic E-state index is 12.4. The molecule has 5 nitrogen and oxygen atoms in total. The standard InChI is InChI=1S/C20H12O5/c21-19-15-9-8-14(24-20(22)16-7-4-10-23-16)12-17(15)25-18(19)11-13-5-2-1-3-6-13/h1-12H/b18-11-. The number of hydrogen-bond donors (Lipinski definition) is 0. The minimum absolute atomic E-state index is 0.0992. The van der Waals surface area contributed by atoms with Gasteiger partial charge in [0.05, 0.1) is 11.8 Å². The molecule has 4 rings (SSSR count). The summed E-state index contributed by atoms with van der Waals surface area (Å²) in [4.78, 5) is 24.3. The molecule has 0 unspecified atom stereocenters. The van der Waals surface area contributed by atoms with Gasteiger partial charge in [0.2, 0.25) is 11.5 Å². The van der Waals surface area contributed by atoms with Crippen LogP contribution in [0.2, 0.25) is 0 Å². The van der Waals surface area contributed by atoms with Crippen molar-refractivity contribution in [3.8, 4) is 11.5 Å². The molecule has 0 amide bonds. The van der Waals surface area contributed by atoms with Crippen LogP contribution in [0.3, 0.4) is 0 Å². The van der Waals surface area contributed by atoms with E-state index in [0.717, 1.165) is 5.56 Å². The van der Waals surface area contributed by atoms with Crippen molar-refractivity contribution in [3.05, 3.63) is 89.6 Å². The predicted molar refractivity (Wildman–Crippen MR) is 89.5 cm³/mol. The normalized spacial score (nSPS) is 14.2. The number of carbonyl (C=O) groups is 2. The molecule has 3 aromatic rings. The Morgan fingerprint density at radius 1 is 1.00 bits per heavy atom. The maximum Gasteiger partial charge on any atom is 0.379 e. The Labute approximate surface area is 143 Å². The second-order valence-corrected chi connectivity index (χ2v) is 5.38. The topological polar surface area (TPSA) is 65.7 Å². The molecule has 0 fully saturated rings. The molecule has 2 aromatic carbocycles. The van der Waals surface area contributed by atoms with E-state index in [1.54, 1.807) is 24.3 Å².